The van der Waals surface area contributed by atoms with Gasteiger partial charge in [-0.3, -0.25) is 5.10 Å². The maximum absolute atomic E-state index is 8.85. The van der Waals surface area contributed by atoms with Crippen LogP contribution < -0.4 is 0 Å². The lowest BCUT2D eigenvalue weighted by Crippen LogP contribution is -2.10. The summed E-state index contributed by atoms with van der Waals surface area (Å²) in [5.41, 5.74) is 2.65. The van der Waals surface area contributed by atoms with Crippen LogP contribution in [0.2, 0.25) is 0 Å². The minimum absolute atomic E-state index is 0.546. The molecule has 2 rings (SSSR count). The highest BCUT2D eigenvalue weighted by molar-refractivity contribution is 5.39. The molecule has 0 unspecified atom stereocenters. The Kier molecular flexibility index (Phi) is 1.61. The van der Waals surface area contributed by atoms with Crippen molar-refractivity contribution in [3.63, 3.8) is 0 Å². The second kappa shape index (κ2) is 2.63. The third-order valence-corrected chi connectivity index (χ3v) is 2.58. The number of aryl methyl sites for hydroxylation is 1. The van der Waals surface area contributed by atoms with Gasteiger partial charge in [-0.05, 0) is 19.8 Å². The molecule has 1 aliphatic carbocycles. The lowest BCUT2D eigenvalue weighted by Gasteiger charge is -2.23. The van der Waals surface area contributed by atoms with Crippen LogP contribution in [0, 0.1) is 18.3 Å². The Morgan fingerprint density at radius 2 is 2.33 bits per heavy atom. The molecule has 1 saturated carbocycles. The number of nitriles is 1. The molecule has 0 radical (unpaired) electrons. The van der Waals surface area contributed by atoms with Crippen LogP contribution in [-0.4, -0.2) is 10.2 Å². The van der Waals surface area contributed by atoms with E-state index in [0.29, 0.717) is 5.92 Å². The zero-order chi connectivity index (χ0) is 8.55. The average molecular weight is 161 g/mol. The highest BCUT2D eigenvalue weighted by Gasteiger charge is 2.25. The Bertz CT molecular complexity index is 328. The topological polar surface area (TPSA) is 52.5 Å². The summed E-state index contributed by atoms with van der Waals surface area (Å²) in [4.78, 5) is 0. The van der Waals surface area contributed by atoms with Crippen LogP contribution in [0.3, 0.4) is 0 Å². The van der Waals surface area contributed by atoms with Crippen molar-refractivity contribution in [2.24, 2.45) is 0 Å². The van der Waals surface area contributed by atoms with Crippen LogP contribution in [0.4, 0.5) is 0 Å². The largest absolute Gasteiger partial charge is 0.281 e. The third-order valence-electron chi connectivity index (χ3n) is 2.58. The Morgan fingerprint density at radius 3 is 2.83 bits per heavy atom. The molecule has 0 aromatic carbocycles. The van der Waals surface area contributed by atoms with E-state index in [4.69, 9.17) is 5.26 Å². The predicted molar refractivity (Wildman–Crippen MR) is 44.6 cm³/mol. The maximum atomic E-state index is 8.85. The first-order chi connectivity index (χ1) is 5.83. The molecular weight excluding hydrogens is 150 g/mol. The summed E-state index contributed by atoms with van der Waals surface area (Å²) in [5, 5.41) is 15.9. The van der Waals surface area contributed by atoms with Crippen molar-refractivity contribution in [3.8, 4) is 6.07 Å². The molecule has 3 heteroatoms. The molecule has 1 fully saturated rings. The van der Waals surface area contributed by atoms with Crippen molar-refractivity contribution >= 4 is 0 Å². The number of H-pyrrole nitrogens is 1. The SMILES string of the molecule is Cc1[nH]nc(C2CCC2)c1C#N. The Hall–Kier alpha value is -1.30. The first-order valence-electron chi connectivity index (χ1n) is 4.28. The van der Waals surface area contributed by atoms with Crippen LogP contribution in [0.1, 0.15) is 42.1 Å². The summed E-state index contributed by atoms with van der Waals surface area (Å²) in [6, 6.07) is 2.20. The van der Waals surface area contributed by atoms with E-state index >= 15 is 0 Å². The molecule has 1 heterocycles. The van der Waals surface area contributed by atoms with Gasteiger partial charge in [-0.25, -0.2) is 0 Å². The van der Waals surface area contributed by atoms with Crippen molar-refractivity contribution in [3.05, 3.63) is 17.0 Å². The van der Waals surface area contributed by atoms with Gasteiger partial charge in [-0.15, -0.1) is 0 Å². The zero-order valence-electron chi connectivity index (χ0n) is 7.09. The van der Waals surface area contributed by atoms with Crippen molar-refractivity contribution < 1.29 is 0 Å². The summed E-state index contributed by atoms with van der Waals surface area (Å²) in [5.74, 6) is 0.546. The molecule has 0 saturated heterocycles. The molecule has 0 atom stereocenters. The molecule has 0 spiro atoms. The van der Waals surface area contributed by atoms with Gasteiger partial charge in [0.15, 0.2) is 0 Å². The Morgan fingerprint density at radius 1 is 1.58 bits per heavy atom. The zero-order valence-corrected chi connectivity index (χ0v) is 7.09. The molecular formula is C9H11N3. The van der Waals surface area contributed by atoms with Gasteiger partial charge in [-0.2, -0.15) is 10.4 Å². The number of hydrogen-bond acceptors (Lipinski definition) is 2. The summed E-state index contributed by atoms with van der Waals surface area (Å²) in [7, 11) is 0. The minimum Gasteiger partial charge on any atom is -0.281 e. The Labute approximate surface area is 71.4 Å². The molecule has 1 aromatic rings. The molecule has 0 bridgehead atoms. The minimum atomic E-state index is 0.546. The summed E-state index contributed by atoms with van der Waals surface area (Å²) in [6.07, 6.45) is 3.67. The van der Waals surface area contributed by atoms with Crippen LogP contribution >= 0.6 is 0 Å². The van der Waals surface area contributed by atoms with Gasteiger partial charge in [-0.1, -0.05) is 6.42 Å². The van der Waals surface area contributed by atoms with Gasteiger partial charge in [0.2, 0.25) is 0 Å². The second-order valence-corrected chi connectivity index (χ2v) is 3.35. The summed E-state index contributed by atoms with van der Waals surface area (Å²) < 4.78 is 0. The van der Waals surface area contributed by atoms with Gasteiger partial charge < -0.3 is 0 Å². The quantitative estimate of drug-likeness (QED) is 0.683. The first kappa shape index (κ1) is 7.35. The number of aromatic amines is 1. The summed E-state index contributed by atoms with van der Waals surface area (Å²) in [6.45, 7) is 1.90. The number of aromatic nitrogens is 2. The van der Waals surface area contributed by atoms with E-state index in [0.717, 1.165) is 17.0 Å². The standard InChI is InChI=1S/C9H11N3/c1-6-8(5-10)9(12-11-6)7-3-2-4-7/h7H,2-4H2,1H3,(H,11,12). The van der Waals surface area contributed by atoms with Gasteiger partial charge in [0, 0.05) is 5.92 Å². The van der Waals surface area contributed by atoms with Crippen molar-refractivity contribution in [2.45, 2.75) is 32.1 Å². The fraction of sp³-hybridized carbons (Fsp3) is 0.556. The van der Waals surface area contributed by atoms with Crippen LogP contribution in [-0.2, 0) is 0 Å². The second-order valence-electron chi connectivity index (χ2n) is 3.35. The number of hydrogen-bond donors (Lipinski definition) is 1. The van der Waals surface area contributed by atoms with Gasteiger partial charge in [0.25, 0.3) is 0 Å². The highest BCUT2D eigenvalue weighted by Crippen LogP contribution is 2.37. The first-order valence-corrected chi connectivity index (χ1v) is 4.28. The van der Waals surface area contributed by atoms with Gasteiger partial charge in [0.05, 0.1) is 17.0 Å². The lowest BCUT2D eigenvalue weighted by molar-refractivity contribution is 0.410. The molecule has 1 aliphatic rings. The summed E-state index contributed by atoms with van der Waals surface area (Å²) >= 11 is 0. The van der Waals surface area contributed by atoms with Crippen LogP contribution in [0.5, 0.6) is 0 Å². The van der Waals surface area contributed by atoms with Crippen molar-refractivity contribution in [1.29, 1.82) is 5.26 Å². The van der Waals surface area contributed by atoms with Gasteiger partial charge >= 0.3 is 0 Å². The monoisotopic (exact) mass is 161 g/mol. The predicted octanol–water partition coefficient (Wildman–Crippen LogP) is 1.86. The van der Waals surface area contributed by atoms with Crippen LogP contribution in [0.15, 0.2) is 0 Å². The molecule has 1 aromatic heterocycles. The number of rotatable bonds is 1. The highest BCUT2D eigenvalue weighted by atomic mass is 15.1. The van der Waals surface area contributed by atoms with E-state index < -0.39 is 0 Å². The fourth-order valence-electron chi connectivity index (χ4n) is 1.57. The van der Waals surface area contributed by atoms with Crippen molar-refractivity contribution in [2.75, 3.05) is 0 Å². The molecule has 0 aliphatic heterocycles. The van der Waals surface area contributed by atoms with E-state index in [9.17, 15) is 0 Å². The fourth-order valence-corrected chi connectivity index (χ4v) is 1.57. The number of nitrogens with zero attached hydrogens (tertiary/aromatic N) is 2. The number of nitrogens with one attached hydrogen (secondary N) is 1. The lowest BCUT2D eigenvalue weighted by atomic mass is 9.81. The average Bonchev–Trinajstić information content (AvgIpc) is 2.29. The van der Waals surface area contributed by atoms with E-state index in [1.54, 1.807) is 0 Å². The Balaban J connectivity index is 2.37. The molecule has 62 valence electrons. The molecule has 1 N–H and O–H groups in total. The van der Waals surface area contributed by atoms with E-state index in [1.165, 1.54) is 19.3 Å². The third kappa shape index (κ3) is 0.918. The van der Waals surface area contributed by atoms with E-state index in [2.05, 4.69) is 16.3 Å². The van der Waals surface area contributed by atoms with Crippen LogP contribution in [0.25, 0.3) is 0 Å². The molecule has 12 heavy (non-hydrogen) atoms. The molecule has 0 amide bonds. The van der Waals surface area contributed by atoms with Gasteiger partial charge in [0.1, 0.15) is 6.07 Å². The molecule has 3 nitrogen and oxygen atoms in total. The normalized spacial score (nSPS) is 17.0. The maximum Gasteiger partial charge on any atom is 0.103 e. The van der Waals surface area contributed by atoms with Crippen molar-refractivity contribution in [1.82, 2.24) is 10.2 Å². The van der Waals surface area contributed by atoms with E-state index in [-0.39, 0.29) is 0 Å². The van der Waals surface area contributed by atoms with E-state index in [1.807, 2.05) is 6.92 Å². The smallest absolute Gasteiger partial charge is 0.103 e.